The topological polar surface area (TPSA) is 26.0 Å². The van der Waals surface area contributed by atoms with Crippen molar-refractivity contribution >= 4 is 11.8 Å². The van der Waals surface area contributed by atoms with E-state index in [9.17, 15) is 0 Å². The van der Waals surface area contributed by atoms with E-state index in [1.807, 2.05) is 0 Å². The molecule has 88 valence electrons. The third kappa shape index (κ3) is 2.44. The molecule has 2 heteroatoms. The summed E-state index contributed by atoms with van der Waals surface area (Å²) in [5.74, 6) is 1.28. The van der Waals surface area contributed by atoms with Crippen LogP contribution in [0, 0.1) is 13.8 Å². The molecule has 1 aliphatic heterocycles. The zero-order valence-electron chi connectivity index (χ0n) is 10.3. The smallest absolute Gasteiger partial charge is 0.0322 e. The summed E-state index contributed by atoms with van der Waals surface area (Å²) in [5.41, 5.74) is 10.2. The molecule has 1 aromatic rings. The van der Waals surface area contributed by atoms with Crippen molar-refractivity contribution < 1.29 is 0 Å². The highest BCUT2D eigenvalue weighted by molar-refractivity contribution is 8.00. The van der Waals surface area contributed by atoms with Gasteiger partial charge in [-0.15, -0.1) is 0 Å². The predicted molar refractivity (Wildman–Crippen MR) is 73.1 cm³/mol. The van der Waals surface area contributed by atoms with Crippen LogP contribution in [0.3, 0.4) is 0 Å². The molecule has 0 amide bonds. The lowest BCUT2D eigenvalue weighted by Crippen LogP contribution is -2.34. The predicted octanol–water partition coefficient (Wildman–Crippen LogP) is 3.07. The number of hydrogen-bond acceptors (Lipinski definition) is 2. The molecule has 2 N–H and O–H groups in total. The minimum absolute atomic E-state index is 0.318. The van der Waals surface area contributed by atoms with Crippen LogP contribution in [0.4, 0.5) is 0 Å². The van der Waals surface area contributed by atoms with Gasteiger partial charge in [0.15, 0.2) is 0 Å². The average Bonchev–Trinajstić information content (AvgIpc) is 2.73. The lowest BCUT2D eigenvalue weighted by molar-refractivity contribution is 0.563. The lowest BCUT2D eigenvalue weighted by Gasteiger charge is -2.27. The minimum atomic E-state index is 0.318. The number of benzene rings is 1. The zero-order chi connectivity index (χ0) is 11.6. The first-order chi connectivity index (χ1) is 7.65. The molecule has 1 heterocycles. The second-order valence-electron chi connectivity index (χ2n) is 4.95. The Kier molecular flexibility index (Phi) is 3.60. The van der Waals surface area contributed by atoms with Crippen LogP contribution >= 0.6 is 11.8 Å². The van der Waals surface area contributed by atoms with Gasteiger partial charge < -0.3 is 5.73 Å². The van der Waals surface area contributed by atoms with E-state index in [1.54, 1.807) is 0 Å². The van der Waals surface area contributed by atoms with Crippen molar-refractivity contribution in [3.63, 3.8) is 0 Å². The van der Waals surface area contributed by atoms with Crippen molar-refractivity contribution in [2.24, 2.45) is 5.73 Å². The number of aryl methyl sites for hydroxylation is 2. The van der Waals surface area contributed by atoms with Gasteiger partial charge in [0.25, 0.3) is 0 Å². The SMILES string of the molecule is Cc1ccc(C)c(CC2(CN)CCCS2)c1. The Bertz CT molecular complexity index is 367. The van der Waals surface area contributed by atoms with E-state index in [-0.39, 0.29) is 0 Å². The van der Waals surface area contributed by atoms with Gasteiger partial charge in [0.1, 0.15) is 0 Å². The Morgan fingerprint density at radius 3 is 2.81 bits per heavy atom. The molecule has 16 heavy (non-hydrogen) atoms. The van der Waals surface area contributed by atoms with Crippen LogP contribution in [0.15, 0.2) is 18.2 Å². The molecule has 1 saturated heterocycles. The summed E-state index contributed by atoms with van der Waals surface area (Å²) in [7, 11) is 0. The molecule has 0 aliphatic carbocycles. The van der Waals surface area contributed by atoms with Gasteiger partial charge in [-0.2, -0.15) is 11.8 Å². The highest BCUT2D eigenvalue weighted by Crippen LogP contribution is 2.40. The molecule has 0 spiro atoms. The third-order valence-electron chi connectivity index (χ3n) is 3.57. The summed E-state index contributed by atoms with van der Waals surface area (Å²) in [4.78, 5) is 0. The fraction of sp³-hybridized carbons (Fsp3) is 0.571. The largest absolute Gasteiger partial charge is 0.329 e. The van der Waals surface area contributed by atoms with E-state index in [2.05, 4.69) is 43.8 Å². The molecule has 1 atom stereocenters. The number of rotatable bonds is 3. The van der Waals surface area contributed by atoms with Crippen LogP contribution in [-0.2, 0) is 6.42 Å². The van der Waals surface area contributed by atoms with Crippen LogP contribution in [-0.4, -0.2) is 17.0 Å². The Labute approximate surface area is 103 Å². The quantitative estimate of drug-likeness (QED) is 0.871. The Balaban J connectivity index is 2.21. The van der Waals surface area contributed by atoms with Crippen LogP contribution in [0.25, 0.3) is 0 Å². The monoisotopic (exact) mass is 235 g/mol. The minimum Gasteiger partial charge on any atom is -0.329 e. The maximum absolute atomic E-state index is 5.98. The molecule has 1 nitrogen and oxygen atoms in total. The van der Waals surface area contributed by atoms with Crippen LogP contribution in [0.1, 0.15) is 29.5 Å². The molecule has 1 aliphatic rings. The normalized spacial score (nSPS) is 24.9. The molecule has 1 aromatic carbocycles. The molecule has 0 saturated carbocycles. The summed E-state index contributed by atoms with van der Waals surface area (Å²) >= 11 is 2.07. The summed E-state index contributed by atoms with van der Waals surface area (Å²) < 4.78 is 0.318. The van der Waals surface area contributed by atoms with Gasteiger partial charge in [-0.1, -0.05) is 23.8 Å². The average molecular weight is 235 g/mol. The van der Waals surface area contributed by atoms with E-state index in [0.29, 0.717) is 4.75 Å². The summed E-state index contributed by atoms with van der Waals surface area (Å²) in [6.07, 6.45) is 3.75. The van der Waals surface area contributed by atoms with Crippen molar-refractivity contribution in [2.75, 3.05) is 12.3 Å². The van der Waals surface area contributed by atoms with Crippen LogP contribution < -0.4 is 5.73 Å². The van der Waals surface area contributed by atoms with Crippen LogP contribution in [0.5, 0.6) is 0 Å². The van der Waals surface area contributed by atoms with E-state index in [1.165, 1.54) is 35.3 Å². The first-order valence-electron chi connectivity index (χ1n) is 6.05. The maximum atomic E-state index is 5.98. The molecule has 2 rings (SSSR count). The molecule has 1 fully saturated rings. The van der Waals surface area contributed by atoms with Gasteiger partial charge in [-0.05, 0) is 50.0 Å². The van der Waals surface area contributed by atoms with Gasteiger partial charge in [-0.25, -0.2) is 0 Å². The van der Waals surface area contributed by atoms with Crippen molar-refractivity contribution in [1.82, 2.24) is 0 Å². The second-order valence-corrected chi connectivity index (χ2v) is 6.51. The zero-order valence-corrected chi connectivity index (χ0v) is 11.1. The standard InChI is InChI=1S/C14H21NS/c1-11-4-5-12(2)13(8-11)9-14(10-15)6-3-7-16-14/h4-5,8H,3,6-7,9-10,15H2,1-2H3. The fourth-order valence-electron chi connectivity index (χ4n) is 2.47. The number of hydrogen-bond donors (Lipinski definition) is 1. The molecule has 1 unspecified atom stereocenters. The van der Waals surface area contributed by atoms with Gasteiger partial charge in [0, 0.05) is 11.3 Å². The Morgan fingerprint density at radius 1 is 1.38 bits per heavy atom. The summed E-state index contributed by atoms with van der Waals surface area (Å²) in [6, 6.07) is 6.75. The first-order valence-corrected chi connectivity index (χ1v) is 7.04. The Morgan fingerprint density at radius 2 is 2.19 bits per heavy atom. The van der Waals surface area contributed by atoms with Gasteiger partial charge >= 0.3 is 0 Å². The van der Waals surface area contributed by atoms with Crippen LogP contribution in [0.2, 0.25) is 0 Å². The third-order valence-corrected chi connectivity index (χ3v) is 5.19. The van der Waals surface area contributed by atoms with E-state index >= 15 is 0 Å². The second kappa shape index (κ2) is 4.80. The van der Waals surface area contributed by atoms with Crippen molar-refractivity contribution in [3.05, 3.63) is 34.9 Å². The van der Waals surface area contributed by atoms with Crippen molar-refractivity contribution in [3.8, 4) is 0 Å². The first kappa shape index (κ1) is 12.0. The molecular formula is C14H21NS. The Hall–Kier alpha value is -0.470. The van der Waals surface area contributed by atoms with E-state index in [0.717, 1.165) is 13.0 Å². The van der Waals surface area contributed by atoms with Gasteiger partial charge in [-0.3, -0.25) is 0 Å². The molecule has 0 bridgehead atoms. The maximum Gasteiger partial charge on any atom is 0.0322 e. The fourth-order valence-corrected chi connectivity index (χ4v) is 3.85. The number of thioether (sulfide) groups is 1. The molecular weight excluding hydrogens is 214 g/mol. The highest BCUT2D eigenvalue weighted by Gasteiger charge is 2.33. The summed E-state index contributed by atoms with van der Waals surface area (Å²) in [5, 5.41) is 0. The lowest BCUT2D eigenvalue weighted by atomic mass is 9.91. The molecule has 0 aromatic heterocycles. The number of nitrogens with two attached hydrogens (primary N) is 1. The van der Waals surface area contributed by atoms with Crippen molar-refractivity contribution in [1.29, 1.82) is 0 Å². The van der Waals surface area contributed by atoms with E-state index < -0.39 is 0 Å². The van der Waals surface area contributed by atoms with E-state index in [4.69, 9.17) is 5.73 Å². The molecule has 0 radical (unpaired) electrons. The summed E-state index contributed by atoms with van der Waals surface area (Å²) in [6.45, 7) is 5.18. The van der Waals surface area contributed by atoms with Gasteiger partial charge in [0.2, 0.25) is 0 Å². The van der Waals surface area contributed by atoms with Gasteiger partial charge in [0.05, 0.1) is 0 Å². The van der Waals surface area contributed by atoms with Crippen molar-refractivity contribution in [2.45, 2.75) is 37.9 Å². The highest BCUT2D eigenvalue weighted by atomic mass is 32.2.